The van der Waals surface area contributed by atoms with E-state index in [1.54, 1.807) is 12.3 Å². The van der Waals surface area contributed by atoms with Crippen molar-refractivity contribution >= 4 is 18.7 Å². The largest absolute Gasteiger partial charge is 0.456 e. The Kier molecular flexibility index (Phi) is 2.88. The first-order chi connectivity index (χ1) is 5.20. The monoisotopic (exact) mass is 171 g/mol. The lowest BCUT2D eigenvalue weighted by molar-refractivity contribution is 0.405. The van der Waals surface area contributed by atoms with Crippen molar-refractivity contribution in [2.24, 2.45) is 0 Å². The predicted molar refractivity (Wildman–Crippen MR) is 43.1 cm³/mol. The Hall–Kier alpha value is -0.575. The Bertz CT molecular complexity index is 244. The van der Waals surface area contributed by atoms with Gasteiger partial charge in [-0.1, -0.05) is 11.6 Å². The van der Waals surface area contributed by atoms with Crippen molar-refractivity contribution in [2.75, 3.05) is 0 Å². The summed E-state index contributed by atoms with van der Waals surface area (Å²) >= 11 is 5.68. The number of nitrogens with zero attached hydrogens (tertiary/aromatic N) is 1. The van der Waals surface area contributed by atoms with Crippen molar-refractivity contribution in [1.82, 2.24) is 4.98 Å². The molecule has 1 rings (SSSR count). The molecule has 1 aromatic heterocycles. The molecule has 0 saturated carbocycles. The van der Waals surface area contributed by atoms with Crippen LogP contribution in [0.2, 0.25) is 5.02 Å². The first-order valence-electron chi connectivity index (χ1n) is 3.14. The van der Waals surface area contributed by atoms with Gasteiger partial charge in [-0.25, -0.2) is 0 Å². The van der Waals surface area contributed by atoms with Crippen molar-refractivity contribution in [2.45, 2.75) is 6.32 Å². The summed E-state index contributed by atoms with van der Waals surface area (Å²) in [4.78, 5) is 3.76. The van der Waals surface area contributed by atoms with Crippen LogP contribution in [0.1, 0.15) is 5.56 Å². The summed E-state index contributed by atoms with van der Waals surface area (Å²) in [6.07, 6.45) is 3.17. The molecule has 5 heteroatoms. The number of hydrogen-bond donors (Lipinski definition) is 2. The van der Waals surface area contributed by atoms with E-state index in [-0.39, 0.29) is 6.32 Å². The maximum Gasteiger partial charge on any atom is 0.456 e. The van der Waals surface area contributed by atoms with Crippen LogP contribution in [0, 0.1) is 0 Å². The summed E-state index contributed by atoms with van der Waals surface area (Å²) in [5.41, 5.74) is 0.691. The Balaban J connectivity index is 2.78. The Morgan fingerprint density at radius 2 is 2.27 bits per heavy atom. The van der Waals surface area contributed by atoms with Crippen molar-refractivity contribution in [3.8, 4) is 0 Å². The molecular formula is C6H7BClNO2. The Morgan fingerprint density at radius 3 is 2.82 bits per heavy atom. The van der Waals surface area contributed by atoms with E-state index in [9.17, 15) is 0 Å². The zero-order valence-electron chi connectivity index (χ0n) is 5.74. The minimum absolute atomic E-state index is 0.140. The Morgan fingerprint density at radius 1 is 1.55 bits per heavy atom. The van der Waals surface area contributed by atoms with Gasteiger partial charge >= 0.3 is 7.12 Å². The average molecular weight is 171 g/mol. The maximum atomic E-state index is 8.61. The molecule has 3 nitrogen and oxygen atoms in total. The molecule has 0 bridgehead atoms. The van der Waals surface area contributed by atoms with Crippen LogP contribution in [-0.4, -0.2) is 22.2 Å². The number of hydrogen-bond acceptors (Lipinski definition) is 3. The lowest BCUT2D eigenvalue weighted by Gasteiger charge is -2.00. The summed E-state index contributed by atoms with van der Waals surface area (Å²) in [7, 11) is -1.35. The molecule has 2 N–H and O–H groups in total. The van der Waals surface area contributed by atoms with E-state index < -0.39 is 7.12 Å². The quantitative estimate of drug-likeness (QED) is 0.629. The molecule has 1 heterocycles. The van der Waals surface area contributed by atoms with Crippen LogP contribution in [0.25, 0.3) is 0 Å². The average Bonchev–Trinajstić information content (AvgIpc) is 1.93. The number of aromatic nitrogens is 1. The van der Waals surface area contributed by atoms with Crippen LogP contribution in [0.5, 0.6) is 0 Å². The molecule has 58 valence electrons. The summed E-state index contributed by atoms with van der Waals surface area (Å²) in [6.45, 7) is 0. The van der Waals surface area contributed by atoms with Gasteiger partial charge in [0.15, 0.2) is 0 Å². The van der Waals surface area contributed by atoms with Crippen LogP contribution in [-0.2, 0) is 6.32 Å². The zero-order chi connectivity index (χ0) is 8.27. The second kappa shape index (κ2) is 3.71. The fourth-order valence-corrected chi connectivity index (χ4v) is 0.963. The van der Waals surface area contributed by atoms with Gasteiger partial charge in [-0.2, -0.15) is 0 Å². The molecule has 0 amide bonds. The normalized spacial score (nSPS) is 9.73. The molecule has 0 radical (unpaired) electrons. The Labute approximate surface area is 69.8 Å². The molecule has 0 aliphatic rings. The second-order valence-electron chi connectivity index (χ2n) is 2.15. The van der Waals surface area contributed by atoms with Gasteiger partial charge in [0, 0.05) is 18.7 Å². The predicted octanol–water partition coefficient (Wildman–Crippen LogP) is 0.289. The molecule has 0 unspecified atom stereocenters. The van der Waals surface area contributed by atoms with E-state index in [0.717, 1.165) is 0 Å². The smallest absolute Gasteiger partial charge is 0.427 e. The van der Waals surface area contributed by atoms with Gasteiger partial charge in [-0.3, -0.25) is 4.98 Å². The fraction of sp³-hybridized carbons (Fsp3) is 0.167. The standard InChI is InChI=1S/C6H7BClNO2/c8-6-4-9-2-1-5(6)3-7(10)11/h1-2,4,10-11H,3H2. The van der Waals surface area contributed by atoms with Gasteiger partial charge in [0.2, 0.25) is 0 Å². The topological polar surface area (TPSA) is 53.4 Å². The summed E-state index contributed by atoms with van der Waals surface area (Å²) < 4.78 is 0. The van der Waals surface area contributed by atoms with Gasteiger partial charge < -0.3 is 10.0 Å². The molecule has 0 atom stereocenters. The molecule has 11 heavy (non-hydrogen) atoms. The van der Waals surface area contributed by atoms with E-state index in [0.29, 0.717) is 10.6 Å². The molecule has 1 aromatic rings. The molecule has 0 saturated heterocycles. The van der Waals surface area contributed by atoms with Crippen LogP contribution in [0.4, 0.5) is 0 Å². The lowest BCUT2D eigenvalue weighted by atomic mass is 9.82. The zero-order valence-corrected chi connectivity index (χ0v) is 6.49. The van der Waals surface area contributed by atoms with Crippen LogP contribution in [0.15, 0.2) is 18.5 Å². The molecule has 0 spiro atoms. The number of halogens is 1. The highest BCUT2D eigenvalue weighted by Crippen LogP contribution is 2.13. The van der Waals surface area contributed by atoms with E-state index in [1.165, 1.54) is 6.20 Å². The van der Waals surface area contributed by atoms with Gasteiger partial charge in [0.1, 0.15) is 0 Å². The molecule has 0 aliphatic carbocycles. The first kappa shape index (κ1) is 8.52. The van der Waals surface area contributed by atoms with Gasteiger partial charge in [0.25, 0.3) is 0 Å². The third kappa shape index (κ3) is 2.50. The van der Waals surface area contributed by atoms with Gasteiger partial charge in [0.05, 0.1) is 5.02 Å². The van der Waals surface area contributed by atoms with Crippen LogP contribution >= 0.6 is 11.6 Å². The summed E-state index contributed by atoms with van der Waals surface area (Å²) in [6, 6.07) is 1.65. The van der Waals surface area contributed by atoms with Gasteiger partial charge in [-0.05, 0) is 11.6 Å². The molecule has 0 fully saturated rings. The second-order valence-corrected chi connectivity index (χ2v) is 2.56. The van der Waals surface area contributed by atoms with Crippen molar-refractivity contribution in [1.29, 1.82) is 0 Å². The van der Waals surface area contributed by atoms with E-state index in [2.05, 4.69) is 4.98 Å². The molecule has 0 aliphatic heterocycles. The third-order valence-corrected chi connectivity index (χ3v) is 1.60. The van der Waals surface area contributed by atoms with Crippen molar-refractivity contribution in [3.05, 3.63) is 29.0 Å². The third-order valence-electron chi connectivity index (χ3n) is 1.26. The SMILES string of the molecule is OB(O)Cc1ccncc1Cl. The summed E-state index contributed by atoms with van der Waals surface area (Å²) in [5, 5.41) is 17.7. The van der Waals surface area contributed by atoms with E-state index >= 15 is 0 Å². The van der Waals surface area contributed by atoms with Crippen LogP contribution < -0.4 is 0 Å². The fourth-order valence-electron chi connectivity index (χ4n) is 0.766. The number of pyridine rings is 1. The van der Waals surface area contributed by atoms with E-state index in [1.807, 2.05) is 0 Å². The minimum Gasteiger partial charge on any atom is -0.427 e. The van der Waals surface area contributed by atoms with E-state index in [4.69, 9.17) is 21.6 Å². The minimum atomic E-state index is -1.35. The lowest BCUT2D eigenvalue weighted by Crippen LogP contribution is -2.15. The van der Waals surface area contributed by atoms with Gasteiger partial charge in [-0.15, -0.1) is 0 Å². The summed E-state index contributed by atoms with van der Waals surface area (Å²) in [5.74, 6) is 0. The highest BCUT2D eigenvalue weighted by atomic mass is 35.5. The maximum absolute atomic E-state index is 8.61. The number of rotatable bonds is 2. The molecular weight excluding hydrogens is 164 g/mol. The highest BCUT2D eigenvalue weighted by molar-refractivity contribution is 6.41. The highest BCUT2D eigenvalue weighted by Gasteiger charge is 2.09. The first-order valence-corrected chi connectivity index (χ1v) is 3.52. The van der Waals surface area contributed by atoms with Crippen molar-refractivity contribution < 1.29 is 10.0 Å². The van der Waals surface area contributed by atoms with Crippen molar-refractivity contribution in [3.63, 3.8) is 0 Å². The van der Waals surface area contributed by atoms with Crippen LogP contribution in [0.3, 0.4) is 0 Å². The molecule has 0 aromatic carbocycles.